The Morgan fingerprint density at radius 3 is 2.80 bits per heavy atom. The Balaban J connectivity index is 1.75. The van der Waals surface area contributed by atoms with Crippen LogP contribution in [0.25, 0.3) is 0 Å². The first-order valence-corrected chi connectivity index (χ1v) is 7.43. The normalized spacial score (nSPS) is 17.1. The summed E-state index contributed by atoms with van der Waals surface area (Å²) in [6, 6.07) is 6.24. The van der Waals surface area contributed by atoms with E-state index in [0.717, 1.165) is 34.4 Å². The zero-order valence-electron chi connectivity index (χ0n) is 11.5. The monoisotopic (exact) mass is 333 g/mol. The lowest BCUT2D eigenvalue weighted by Crippen LogP contribution is -2.23. The highest BCUT2D eigenvalue weighted by Gasteiger charge is 2.28. The summed E-state index contributed by atoms with van der Waals surface area (Å²) in [6.45, 7) is 3.80. The molecule has 3 rings (SSSR count). The van der Waals surface area contributed by atoms with Crippen molar-refractivity contribution < 1.29 is 4.79 Å². The smallest absolute Gasteiger partial charge is 0.228 e. The second-order valence-corrected chi connectivity index (χ2v) is 6.23. The highest BCUT2D eigenvalue weighted by atomic mass is 79.9. The van der Waals surface area contributed by atoms with Crippen LogP contribution in [0.2, 0.25) is 0 Å². The minimum atomic E-state index is 0.00741. The number of hydrogen-bond donors (Lipinski definition) is 2. The molecule has 0 saturated carbocycles. The molecule has 0 aliphatic heterocycles. The maximum Gasteiger partial charge on any atom is 0.228 e. The van der Waals surface area contributed by atoms with Gasteiger partial charge in [0.05, 0.1) is 17.1 Å². The number of hydrogen-bond acceptors (Lipinski definition) is 2. The Bertz CT molecular complexity index is 658. The van der Waals surface area contributed by atoms with E-state index in [1.54, 1.807) is 0 Å². The van der Waals surface area contributed by atoms with Crippen molar-refractivity contribution in [3.05, 3.63) is 45.2 Å². The van der Waals surface area contributed by atoms with E-state index < -0.39 is 0 Å². The van der Waals surface area contributed by atoms with Gasteiger partial charge in [-0.2, -0.15) is 5.10 Å². The van der Waals surface area contributed by atoms with E-state index >= 15 is 0 Å². The highest BCUT2D eigenvalue weighted by molar-refractivity contribution is 9.10. The number of anilines is 1. The minimum Gasteiger partial charge on any atom is -0.323 e. The molecule has 1 unspecified atom stereocenters. The van der Waals surface area contributed by atoms with Crippen molar-refractivity contribution in [1.29, 1.82) is 0 Å². The summed E-state index contributed by atoms with van der Waals surface area (Å²) < 4.78 is 1.07. The molecule has 1 aromatic carbocycles. The second-order valence-electron chi connectivity index (χ2n) is 5.32. The summed E-state index contributed by atoms with van der Waals surface area (Å²) >= 11 is 3.48. The summed E-state index contributed by atoms with van der Waals surface area (Å²) in [5.41, 5.74) is 5.07. The predicted octanol–water partition coefficient (Wildman–Crippen LogP) is 3.14. The molecule has 1 aromatic heterocycles. The molecule has 1 aliphatic carbocycles. The number of nitrogens with one attached hydrogen (secondary N) is 2. The lowest BCUT2D eigenvalue weighted by Gasteiger charge is -2.10. The number of halogens is 1. The van der Waals surface area contributed by atoms with Crippen LogP contribution in [0.5, 0.6) is 0 Å². The van der Waals surface area contributed by atoms with Gasteiger partial charge in [-0.05, 0) is 49.9 Å². The molecule has 20 heavy (non-hydrogen) atoms. The summed E-state index contributed by atoms with van der Waals surface area (Å²) in [7, 11) is 0. The van der Waals surface area contributed by atoms with Crippen molar-refractivity contribution in [3.63, 3.8) is 0 Å². The van der Waals surface area contributed by atoms with Crippen LogP contribution in [0.4, 0.5) is 5.69 Å². The molecule has 1 atom stereocenters. The Labute approximate surface area is 126 Å². The third-order valence-corrected chi connectivity index (χ3v) is 4.34. The largest absolute Gasteiger partial charge is 0.323 e. The molecule has 2 N–H and O–H groups in total. The third kappa shape index (κ3) is 2.38. The van der Waals surface area contributed by atoms with Crippen molar-refractivity contribution in [2.24, 2.45) is 5.92 Å². The number of aryl methyl sites for hydroxylation is 2. The van der Waals surface area contributed by atoms with Crippen LogP contribution in [0.3, 0.4) is 0 Å². The Hall–Kier alpha value is -1.62. The quantitative estimate of drug-likeness (QED) is 0.886. The molecule has 0 bridgehead atoms. The average molecular weight is 334 g/mol. The van der Waals surface area contributed by atoms with Gasteiger partial charge in [0.2, 0.25) is 5.91 Å². The minimum absolute atomic E-state index is 0.00741. The summed E-state index contributed by atoms with van der Waals surface area (Å²) in [5, 5.41) is 9.99. The highest BCUT2D eigenvalue weighted by Crippen LogP contribution is 2.30. The summed E-state index contributed by atoms with van der Waals surface area (Å²) in [4.78, 5) is 12.4. The molecule has 0 saturated heterocycles. The summed E-state index contributed by atoms with van der Waals surface area (Å²) in [6.07, 6.45) is 1.61. The number of H-pyrrole nitrogens is 1. The molecule has 1 aliphatic rings. The van der Waals surface area contributed by atoms with Gasteiger partial charge >= 0.3 is 0 Å². The molecule has 0 spiro atoms. The maximum atomic E-state index is 12.4. The fourth-order valence-electron chi connectivity index (χ4n) is 2.73. The SMILES string of the molecule is Cc1n[nH]c(C)c1NC(=O)C1Cc2ccc(Br)cc2C1. The van der Waals surface area contributed by atoms with E-state index in [2.05, 4.69) is 43.6 Å². The molecule has 104 valence electrons. The van der Waals surface area contributed by atoms with Gasteiger partial charge in [-0.1, -0.05) is 22.0 Å². The van der Waals surface area contributed by atoms with Gasteiger partial charge in [0.15, 0.2) is 0 Å². The lowest BCUT2D eigenvalue weighted by atomic mass is 10.1. The standard InChI is InChI=1S/C15H16BrN3O/c1-8-14(9(2)19-18-8)17-15(20)12-5-10-3-4-13(16)7-11(10)6-12/h3-4,7,12H,5-6H2,1-2H3,(H,17,20)(H,18,19). The van der Waals surface area contributed by atoms with E-state index in [9.17, 15) is 4.79 Å². The zero-order valence-corrected chi connectivity index (χ0v) is 13.0. The van der Waals surface area contributed by atoms with Gasteiger partial charge in [0.1, 0.15) is 0 Å². The van der Waals surface area contributed by atoms with Crippen molar-refractivity contribution in [3.8, 4) is 0 Å². The van der Waals surface area contributed by atoms with E-state index in [1.807, 2.05) is 19.9 Å². The predicted molar refractivity (Wildman–Crippen MR) is 81.7 cm³/mol. The van der Waals surface area contributed by atoms with E-state index in [1.165, 1.54) is 11.1 Å². The zero-order chi connectivity index (χ0) is 14.3. The Kier molecular flexibility index (Phi) is 3.38. The maximum absolute atomic E-state index is 12.4. The average Bonchev–Trinajstić information content (AvgIpc) is 2.96. The molecule has 5 heteroatoms. The molecule has 4 nitrogen and oxygen atoms in total. The Morgan fingerprint density at radius 2 is 2.10 bits per heavy atom. The molecular weight excluding hydrogens is 318 g/mol. The molecular formula is C15H16BrN3O. The third-order valence-electron chi connectivity index (χ3n) is 3.85. The number of rotatable bonds is 2. The van der Waals surface area contributed by atoms with Crippen LogP contribution in [-0.2, 0) is 17.6 Å². The van der Waals surface area contributed by atoms with Gasteiger partial charge in [-0.3, -0.25) is 9.89 Å². The number of carbonyl (C=O) groups is 1. The fraction of sp³-hybridized carbons (Fsp3) is 0.333. The van der Waals surface area contributed by atoms with Crippen molar-refractivity contribution in [2.45, 2.75) is 26.7 Å². The van der Waals surface area contributed by atoms with E-state index in [-0.39, 0.29) is 11.8 Å². The Morgan fingerprint density at radius 1 is 1.35 bits per heavy atom. The number of carbonyl (C=O) groups excluding carboxylic acids is 1. The first-order chi connectivity index (χ1) is 9.54. The molecule has 2 aromatic rings. The molecule has 0 fully saturated rings. The van der Waals surface area contributed by atoms with E-state index in [0.29, 0.717) is 0 Å². The molecule has 1 heterocycles. The number of benzene rings is 1. The lowest BCUT2D eigenvalue weighted by molar-refractivity contribution is -0.119. The van der Waals surface area contributed by atoms with Gasteiger partial charge in [0.25, 0.3) is 0 Å². The number of fused-ring (bicyclic) bond motifs is 1. The van der Waals surface area contributed by atoms with Crippen molar-refractivity contribution in [1.82, 2.24) is 10.2 Å². The van der Waals surface area contributed by atoms with Gasteiger partial charge in [-0.25, -0.2) is 0 Å². The van der Waals surface area contributed by atoms with Crippen LogP contribution in [-0.4, -0.2) is 16.1 Å². The number of amides is 1. The molecule has 0 radical (unpaired) electrons. The van der Waals surface area contributed by atoms with Crippen LogP contribution in [0, 0.1) is 19.8 Å². The van der Waals surface area contributed by atoms with Gasteiger partial charge in [-0.15, -0.1) is 0 Å². The van der Waals surface area contributed by atoms with Crippen molar-refractivity contribution >= 4 is 27.5 Å². The number of aromatic nitrogens is 2. The molecule has 1 amide bonds. The second kappa shape index (κ2) is 5.05. The van der Waals surface area contributed by atoms with E-state index in [4.69, 9.17) is 0 Å². The number of nitrogens with zero attached hydrogens (tertiary/aromatic N) is 1. The van der Waals surface area contributed by atoms with Crippen LogP contribution in [0.15, 0.2) is 22.7 Å². The van der Waals surface area contributed by atoms with Gasteiger partial charge < -0.3 is 5.32 Å². The first-order valence-electron chi connectivity index (χ1n) is 6.64. The first kappa shape index (κ1) is 13.4. The summed E-state index contributed by atoms with van der Waals surface area (Å²) in [5.74, 6) is 0.0814. The fourth-order valence-corrected chi connectivity index (χ4v) is 3.14. The van der Waals surface area contributed by atoms with Crippen LogP contribution < -0.4 is 5.32 Å². The topological polar surface area (TPSA) is 57.8 Å². The van der Waals surface area contributed by atoms with Gasteiger partial charge in [0, 0.05) is 10.4 Å². The van der Waals surface area contributed by atoms with Crippen LogP contribution >= 0.6 is 15.9 Å². The van der Waals surface area contributed by atoms with Crippen molar-refractivity contribution in [2.75, 3.05) is 5.32 Å². The van der Waals surface area contributed by atoms with Crippen LogP contribution in [0.1, 0.15) is 22.5 Å². The number of aromatic amines is 1.